The molecular formula is C6H6O3Zn. The van der Waals surface area contributed by atoms with Crippen LogP contribution in [0.5, 0.6) is 17.2 Å². The molecule has 10 heavy (non-hydrogen) atoms. The van der Waals surface area contributed by atoms with Gasteiger partial charge in [0.05, 0.1) is 0 Å². The first-order valence-corrected chi connectivity index (χ1v) is 2.41. The van der Waals surface area contributed by atoms with Crippen LogP contribution >= 0.6 is 0 Å². The summed E-state index contributed by atoms with van der Waals surface area (Å²) in [6.07, 6.45) is 0. The summed E-state index contributed by atoms with van der Waals surface area (Å²) in [5, 5.41) is 26.1. The van der Waals surface area contributed by atoms with Crippen LogP contribution in [0.3, 0.4) is 0 Å². The fourth-order valence-electron chi connectivity index (χ4n) is 0.519. The van der Waals surface area contributed by atoms with Gasteiger partial charge in [-0.15, -0.1) is 0 Å². The van der Waals surface area contributed by atoms with Crippen LogP contribution in [0.25, 0.3) is 0 Å². The van der Waals surface area contributed by atoms with E-state index in [2.05, 4.69) is 0 Å². The van der Waals surface area contributed by atoms with E-state index in [0.717, 1.165) is 0 Å². The molecule has 0 spiro atoms. The molecular weight excluding hydrogens is 185 g/mol. The summed E-state index contributed by atoms with van der Waals surface area (Å²) in [5.74, 6) is -1.09. The zero-order valence-electron chi connectivity index (χ0n) is 5.28. The Morgan fingerprint density at radius 2 is 1.30 bits per heavy atom. The number of rotatable bonds is 0. The zero-order chi connectivity index (χ0) is 6.85. The molecule has 0 saturated heterocycles. The van der Waals surface area contributed by atoms with Crippen LogP contribution in [0.15, 0.2) is 18.2 Å². The molecule has 0 atom stereocenters. The van der Waals surface area contributed by atoms with Gasteiger partial charge >= 0.3 is 0 Å². The van der Waals surface area contributed by atoms with Gasteiger partial charge < -0.3 is 15.3 Å². The zero-order valence-corrected chi connectivity index (χ0v) is 8.25. The Labute approximate surface area is 70.7 Å². The van der Waals surface area contributed by atoms with Gasteiger partial charge in [-0.1, -0.05) is 6.07 Å². The van der Waals surface area contributed by atoms with Crippen LogP contribution in [-0.4, -0.2) is 15.3 Å². The molecule has 0 heterocycles. The molecule has 0 aliphatic carbocycles. The molecule has 4 heteroatoms. The van der Waals surface area contributed by atoms with Crippen molar-refractivity contribution in [3.8, 4) is 17.2 Å². The smallest absolute Gasteiger partial charge is 0.200 e. The summed E-state index contributed by atoms with van der Waals surface area (Å²) in [4.78, 5) is 0. The minimum absolute atomic E-state index is 0. The quantitative estimate of drug-likeness (QED) is 0.420. The van der Waals surface area contributed by atoms with Crippen LogP contribution in [0.2, 0.25) is 0 Å². The summed E-state index contributed by atoms with van der Waals surface area (Å²) in [6.45, 7) is 0. The molecule has 0 bridgehead atoms. The van der Waals surface area contributed by atoms with Crippen molar-refractivity contribution >= 4 is 0 Å². The Bertz CT molecular complexity index is 204. The number of phenols is 3. The standard InChI is InChI=1S/C6H6O3.Zn/c7-4-2-1-3-5(8)6(4)9;/h1-3,7-9H;. The van der Waals surface area contributed by atoms with Crippen LogP contribution in [-0.2, 0) is 19.5 Å². The molecule has 1 aromatic carbocycles. The SMILES string of the molecule is Oc1cccc(O)c1O.[Zn]. The van der Waals surface area contributed by atoms with Gasteiger partial charge in [0.15, 0.2) is 17.2 Å². The third kappa shape index (κ3) is 1.61. The minimum Gasteiger partial charge on any atom is -0.504 e. The molecule has 0 aromatic heterocycles. The fourth-order valence-corrected chi connectivity index (χ4v) is 0.519. The molecule has 0 unspecified atom stereocenters. The van der Waals surface area contributed by atoms with Gasteiger partial charge in [0.1, 0.15) is 0 Å². The molecule has 0 fully saturated rings. The predicted molar refractivity (Wildman–Crippen MR) is 31.4 cm³/mol. The molecule has 1 rings (SSSR count). The first-order valence-electron chi connectivity index (χ1n) is 2.41. The number of para-hydroxylation sites is 1. The number of hydrogen-bond donors (Lipinski definition) is 3. The van der Waals surface area contributed by atoms with E-state index in [1.165, 1.54) is 18.2 Å². The third-order valence-electron chi connectivity index (χ3n) is 0.993. The second-order valence-electron chi connectivity index (χ2n) is 1.64. The first kappa shape index (κ1) is 9.24. The molecule has 50 valence electrons. The van der Waals surface area contributed by atoms with Crippen molar-refractivity contribution in [2.45, 2.75) is 0 Å². The topological polar surface area (TPSA) is 60.7 Å². The maximum absolute atomic E-state index is 8.71. The molecule has 3 nitrogen and oxygen atoms in total. The molecule has 0 saturated carbocycles. The Balaban J connectivity index is 0.000000810. The second kappa shape index (κ2) is 3.42. The monoisotopic (exact) mass is 190 g/mol. The van der Waals surface area contributed by atoms with Crippen LogP contribution in [0.1, 0.15) is 0 Å². The normalized spacial score (nSPS) is 8.40. The van der Waals surface area contributed by atoms with E-state index in [0.29, 0.717) is 0 Å². The molecule has 1 aromatic rings. The first-order chi connectivity index (χ1) is 4.22. The van der Waals surface area contributed by atoms with E-state index in [9.17, 15) is 0 Å². The summed E-state index contributed by atoms with van der Waals surface area (Å²) in [6, 6.07) is 4.01. The number of phenolic OH excluding ortho intramolecular Hbond substituents is 3. The summed E-state index contributed by atoms with van der Waals surface area (Å²) < 4.78 is 0. The molecule has 0 amide bonds. The molecule has 0 radical (unpaired) electrons. The van der Waals surface area contributed by atoms with Gasteiger partial charge in [0, 0.05) is 19.5 Å². The van der Waals surface area contributed by atoms with Crippen molar-refractivity contribution in [2.75, 3.05) is 0 Å². The van der Waals surface area contributed by atoms with Gasteiger partial charge in [-0.3, -0.25) is 0 Å². The number of benzene rings is 1. The Hall–Kier alpha value is -0.757. The Morgan fingerprint density at radius 1 is 0.900 bits per heavy atom. The molecule has 3 N–H and O–H groups in total. The van der Waals surface area contributed by atoms with E-state index in [-0.39, 0.29) is 31.0 Å². The van der Waals surface area contributed by atoms with Crippen LogP contribution < -0.4 is 0 Å². The van der Waals surface area contributed by atoms with Crippen molar-refractivity contribution in [1.82, 2.24) is 0 Å². The average molecular weight is 192 g/mol. The van der Waals surface area contributed by atoms with E-state index < -0.39 is 5.75 Å². The van der Waals surface area contributed by atoms with E-state index in [1.54, 1.807) is 0 Å². The third-order valence-corrected chi connectivity index (χ3v) is 0.993. The Kier molecular flexibility index (Phi) is 3.16. The van der Waals surface area contributed by atoms with Crippen molar-refractivity contribution in [3.63, 3.8) is 0 Å². The van der Waals surface area contributed by atoms with Crippen molar-refractivity contribution in [2.24, 2.45) is 0 Å². The van der Waals surface area contributed by atoms with Crippen LogP contribution in [0.4, 0.5) is 0 Å². The fraction of sp³-hybridized carbons (Fsp3) is 0. The van der Waals surface area contributed by atoms with E-state index in [1.807, 2.05) is 0 Å². The van der Waals surface area contributed by atoms with Gasteiger partial charge in [0.25, 0.3) is 0 Å². The maximum atomic E-state index is 8.71. The Morgan fingerprint density at radius 3 is 1.60 bits per heavy atom. The largest absolute Gasteiger partial charge is 0.504 e. The summed E-state index contributed by atoms with van der Waals surface area (Å²) in [7, 11) is 0. The van der Waals surface area contributed by atoms with Crippen LogP contribution in [0, 0.1) is 0 Å². The van der Waals surface area contributed by atoms with Gasteiger partial charge in [0.2, 0.25) is 0 Å². The second-order valence-corrected chi connectivity index (χ2v) is 1.64. The molecule has 0 aliphatic rings. The number of hydrogen-bond acceptors (Lipinski definition) is 3. The summed E-state index contributed by atoms with van der Waals surface area (Å²) >= 11 is 0. The van der Waals surface area contributed by atoms with E-state index >= 15 is 0 Å². The summed E-state index contributed by atoms with van der Waals surface area (Å²) in [5.41, 5.74) is 0. The van der Waals surface area contributed by atoms with Crippen molar-refractivity contribution in [1.29, 1.82) is 0 Å². The van der Waals surface area contributed by atoms with Gasteiger partial charge in [-0.25, -0.2) is 0 Å². The maximum Gasteiger partial charge on any atom is 0.200 e. The van der Waals surface area contributed by atoms with Crippen molar-refractivity contribution in [3.05, 3.63) is 18.2 Å². The van der Waals surface area contributed by atoms with Gasteiger partial charge in [-0.05, 0) is 12.1 Å². The minimum atomic E-state index is -0.475. The number of aromatic hydroxyl groups is 3. The van der Waals surface area contributed by atoms with Gasteiger partial charge in [-0.2, -0.15) is 0 Å². The molecule has 0 aliphatic heterocycles. The average Bonchev–Trinajstić information content (AvgIpc) is 1.83. The van der Waals surface area contributed by atoms with Crippen molar-refractivity contribution < 1.29 is 34.8 Å². The predicted octanol–water partition coefficient (Wildman–Crippen LogP) is 0.801. The van der Waals surface area contributed by atoms with E-state index in [4.69, 9.17) is 15.3 Å².